The predicted octanol–water partition coefficient (Wildman–Crippen LogP) is 3.36. The largest absolute Gasteiger partial charge is 0.241 e. The minimum absolute atomic E-state index is 0.739. The molecule has 0 fully saturated rings. The summed E-state index contributed by atoms with van der Waals surface area (Å²) in [6.45, 7) is 2.04. The molecule has 0 bridgehead atoms. The molecule has 0 aliphatic carbocycles. The van der Waals surface area contributed by atoms with Crippen molar-refractivity contribution in [1.82, 2.24) is 9.97 Å². The highest BCUT2D eigenvalue weighted by Gasteiger charge is 2.00. The van der Waals surface area contributed by atoms with Crippen molar-refractivity contribution in [2.45, 2.75) is 13.3 Å². The molecule has 0 radical (unpaired) electrons. The van der Waals surface area contributed by atoms with Crippen LogP contribution < -0.4 is 0 Å². The maximum atomic E-state index is 5.82. The third-order valence-corrected chi connectivity index (χ3v) is 2.41. The Morgan fingerprint density at radius 3 is 2.53 bits per heavy atom. The van der Waals surface area contributed by atoms with Crippen LogP contribution in [0.15, 0.2) is 36.5 Å². The Labute approximate surface area is 94.0 Å². The second kappa shape index (κ2) is 4.41. The highest BCUT2D eigenvalue weighted by molar-refractivity contribution is 6.30. The lowest BCUT2D eigenvalue weighted by Crippen LogP contribution is -1.93. The third kappa shape index (κ3) is 2.34. The van der Waals surface area contributed by atoms with Gasteiger partial charge in [-0.2, -0.15) is 0 Å². The summed E-state index contributed by atoms with van der Waals surface area (Å²) in [5.74, 6) is 0.863. The van der Waals surface area contributed by atoms with Crippen LogP contribution in [-0.2, 0) is 6.42 Å². The van der Waals surface area contributed by atoms with Gasteiger partial charge in [0.15, 0.2) is 0 Å². The molecule has 76 valence electrons. The van der Waals surface area contributed by atoms with E-state index in [2.05, 4.69) is 9.97 Å². The van der Waals surface area contributed by atoms with Crippen LogP contribution in [0.2, 0.25) is 5.02 Å². The van der Waals surface area contributed by atoms with Crippen LogP contribution in [-0.4, -0.2) is 9.97 Å². The number of nitrogens with zero attached hydrogens (tertiary/aromatic N) is 2. The van der Waals surface area contributed by atoms with Gasteiger partial charge in [-0.1, -0.05) is 30.7 Å². The zero-order chi connectivity index (χ0) is 10.7. The lowest BCUT2D eigenvalue weighted by molar-refractivity contribution is 0.943. The van der Waals surface area contributed by atoms with Crippen LogP contribution >= 0.6 is 11.6 Å². The third-order valence-electron chi connectivity index (χ3n) is 2.16. The smallest absolute Gasteiger partial charge is 0.128 e. The number of aryl methyl sites for hydroxylation is 1. The van der Waals surface area contributed by atoms with Crippen molar-refractivity contribution in [2.24, 2.45) is 0 Å². The molecule has 0 N–H and O–H groups in total. The van der Waals surface area contributed by atoms with E-state index in [1.165, 1.54) is 0 Å². The summed E-state index contributed by atoms with van der Waals surface area (Å²) in [5, 5.41) is 0.739. The Hall–Kier alpha value is -1.41. The Morgan fingerprint density at radius 1 is 1.13 bits per heavy atom. The second-order valence-corrected chi connectivity index (χ2v) is 3.65. The number of aromatic nitrogens is 2. The summed E-state index contributed by atoms with van der Waals surface area (Å²) in [6.07, 6.45) is 2.64. The van der Waals surface area contributed by atoms with Crippen molar-refractivity contribution < 1.29 is 0 Å². The van der Waals surface area contributed by atoms with Gasteiger partial charge in [0, 0.05) is 23.2 Å². The molecular formula is C12H11ClN2. The zero-order valence-electron chi connectivity index (χ0n) is 8.44. The Morgan fingerprint density at radius 2 is 1.87 bits per heavy atom. The van der Waals surface area contributed by atoms with Crippen molar-refractivity contribution in [1.29, 1.82) is 0 Å². The first kappa shape index (κ1) is 10.1. The zero-order valence-corrected chi connectivity index (χ0v) is 9.20. The summed E-state index contributed by atoms with van der Waals surface area (Å²) in [4.78, 5) is 8.60. The fourth-order valence-corrected chi connectivity index (χ4v) is 1.48. The number of hydrogen-bond donors (Lipinski definition) is 0. The highest BCUT2D eigenvalue weighted by atomic mass is 35.5. The van der Waals surface area contributed by atoms with Crippen LogP contribution in [0.5, 0.6) is 0 Å². The average molecular weight is 219 g/mol. The fraction of sp³-hybridized carbons (Fsp3) is 0.167. The van der Waals surface area contributed by atoms with Crippen LogP contribution in [0.25, 0.3) is 11.3 Å². The SMILES string of the molecule is CCc1nccc(-c2ccc(Cl)cc2)n1. The van der Waals surface area contributed by atoms with E-state index >= 15 is 0 Å². The van der Waals surface area contributed by atoms with Crippen LogP contribution in [0.1, 0.15) is 12.7 Å². The number of rotatable bonds is 2. The molecule has 0 aliphatic heterocycles. The lowest BCUT2D eigenvalue weighted by atomic mass is 10.1. The molecule has 2 aromatic rings. The van der Waals surface area contributed by atoms with E-state index in [9.17, 15) is 0 Å². The monoisotopic (exact) mass is 218 g/mol. The summed E-state index contributed by atoms with van der Waals surface area (Å²) < 4.78 is 0. The molecule has 0 spiro atoms. The molecule has 1 heterocycles. The molecule has 1 aromatic heterocycles. The molecule has 3 heteroatoms. The lowest BCUT2D eigenvalue weighted by Gasteiger charge is -2.02. The van der Waals surface area contributed by atoms with Gasteiger partial charge >= 0.3 is 0 Å². The summed E-state index contributed by atoms with van der Waals surface area (Å²) >= 11 is 5.82. The predicted molar refractivity (Wildman–Crippen MR) is 61.9 cm³/mol. The van der Waals surface area contributed by atoms with Gasteiger partial charge in [-0.15, -0.1) is 0 Å². The van der Waals surface area contributed by atoms with E-state index in [1.807, 2.05) is 37.3 Å². The van der Waals surface area contributed by atoms with Gasteiger partial charge in [0.1, 0.15) is 5.82 Å². The Kier molecular flexibility index (Phi) is 2.97. The summed E-state index contributed by atoms with van der Waals surface area (Å²) in [5.41, 5.74) is 2.01. The first-order chi connectivity index (χ1) is 7.29. The Bertz CT molecular complexity index is 451. The van der Waals surface area contributed by atoms with Gasteiger partial charge in [0.25, 0.3) is 0 Å². The van der Waals surface area contributed by atoms with Crippen LogP contribution in [0, 0.1) is 0 Å². The van der Waals surface area contributed by atoms with E-state index in [0.717, 1.165) is 28.5 Å². The van der Waals surface area contributed by atoms with Gasteiger partial charge in [-0.25, -0.2) is 9.97 Å². The first-order valence-electron chi connectivity index (χ1n) is 4.87. The van der Waals surface area contributed by atoms with Gasteiger partial charge in [-0.05, 0) is 18.2 Å². The average Bonchev–Trinajstić information content (AvgIpc) is 2.30. The van der Waals surface area contributed by atoms with E-state index in [0.29, 0.717) is 0 Å². The highest BCUT2D eigenvalue weighted by Crippen LogP contribution is 2.19. The molecule has 2 rings (SSSR count). The second-order valence-electron chi connectivity index (χ2n) is 3.22. The molecule has 1 aromatic carbocycles. The van der Waals surface area contributed by atoms with Crippen molar-refractivity contribution in [3.8, 4) is 11.3 Å². The van der Waals surface area contributed by atoms with E-state index in [4.69, 9.17) is 11.6 Å². The number of hydrogen-bond acceptors (Lipinski definition) is 2. The molecule has 0 aliphatic rings. The fourth-order valence-electron chi connectivity index (χ4n) is 1.35. The Balaban J connectivity index is 2.40. The number of halogens is 1. The molecule has 0 saturated carbocycles. The summed E-state index contributed by atoms with van der Waals surface area (Å²) in [7, 11) is 0. The van der Waals surface area contributed by atoms with Crippen molar-refractivity contribution in [3.05, 3.63) is 47.4 Å². The summed E-state index contributed by atoms with van der Waals surface area (Å²) in [6, 6.07) is 9.56. The number of benzene rings is 1. The molecule has 0 saturated heterocycles. The van der Waals surface area contributed by atoms with Gasteiger partial charge in [0.05, 0.1) is 5.69 Å². The van der Waals surface area contributed by atoms with E-state index < -0.39 is 0 Å². The molecule has 15 heavy (non-hydrogen) atoms. The molecular weight excluding hydrogens is 208 g/mol. The molecule has 0 amide bonds. The molecule has 0 atom stereocenters. The van der Waals surface area contributed by atoms with E-state index in [1.54, 1.807) is 6.20 Å². The van der Waals surface area contributed by atoms with E-state index in [-0.39, 0.29) is 0 Å². The minimum atomic E-state index is 0.739. The van der Waals surface area contributed by atoms with Gasteiger partial charge in [-0.3, -0.25) is 0 Å². The van der Waals surface area contributed by atoms with Crippen molar-refractivity contribution >= 4 is 11.6 Å². The van der Waals surface area contributed by atoms with Crippen molar-refractivity contribution in [3.63, 3.8) is 0 Å². The maximum Gasteiger partial charge on any atom is 0.128 e. The van der Waals surface area contributed by atoms with Crippen LogP contribution in [0.4, 0.5) is 0 Å². The standard InChI is InChI=1S/C12H11ClN2/c1-2-12-14-8-7-11(15-12)9-3-5-10(13)6-4-9/h3-8H,2H2,1H3. The normalized spacial score (nSPS) is 10.3. The van der Waals surface area contributed by atoms with Crippen LogP contribution in [0.3, 0.4) is 0 Å². The topological polar surface area (TPSA) is 25.8 Å². The quantitative estimate of drug-likeness (QED) is 0.773. The van der Waals surface area contributed by atoms with Gasteiger partial charge in [0.2, 0.25) is 0 Å². The first-order valence-corrected chi connectivity index (χ1v) is 5.25. The molecule has 0 unspecified atom stereocenters. The minimum Gasteiger partial charge on any atom is -0.241 e. The molecule has 2 nitrogen and oxygen atoms in total. The maximum absolute atomic E-state index is 5.82. The van der Waals surface area contributed by atoms with Gasteiger partial charge < -0.3 is 0 Å². The van der Waals surface area contributed by atoms with Crippen molar-refractivity contribution in [2.75, 3.05) is 0 Å².